The van der Waals surface area contributed by atoms with E-state index in [1.54, 1.807) is 12.1 Å². The molecule has 1 atom stereocenters. The molecule has 4 heteroatoms. The summed E-state index contributed by atoms with van der Waals surface area (Å²) < 4.78 is 23.9. The second-order valence-electron chi connectivity index (χ2n) is 4.88. The number of hydrogen-bond donors (Lipinski definition) is 0. The first-order valence-electron chi connectivity index (χ1n) is 6.65. The topological polar surface area (TPSA) is 35.5 Å². The van der Waals surface area contributed by atoms with Gasteiger partial charge in [-0.3, -0.25) is 4.79 Å². The highest BCUT2D eigenvalue weighted by atomic mass is 19.1. The predicted octanol–water partition coefficient (Wildman–Crippen LogP) is 2.91. The van der Waals surface area contributed by atoms with E-state index in [1.807, 2.05) is 0 Å². The molecular formula is C15H19FO3. The summed E-state index contributed by atoms with van der Waals surface area (Å²) in [6.07, 6.45) is 3.87. The van der Waals surface area contributed by atoms with E-state index in [-0.39, 0.29) is 24.1 Å². The van der Waals surface area contributed by atoms with Crippen molar-refractivity contribution in [1.82, 2.24) is 0 Å². The van der Waals surface area contributed by atoms with Gasteiger partial charge in [-0.05, 0) is 37.0 Å². The largest absolute Gasteiger partial charge is 0.494 e. The van der Waals surface area contributed by atoms with E-state index in [9.17, 15) is 9.18 Å². The van der Waals surface area contributed by atoms with Crippen LogP contribution in [0.5, 0.6) is 5.75 Å². The molecule has 1 heterocycles. The van der Waals surface area contributed by atoms with Crippen molar-refractivity contribution < 1.29 is 18.7 Å². The van der Waals surface area contributed by atoms with Crippen molar-refractivity contribution in [3.8, 4) is 5.75 Å². The van der Waals surface area contributed by atoms with E-state index in [4.69, 9.17) is 9.47 Å². The van der Waals surface area contributed by atoms with Crippen LogP contribution in [0.2, 0.25) is 0 Å². The van der Waals surface area contributed by atoms with E-state index >= 15 is 0 Å². The Bertz CT molecular complexity index is 439. The van der Waals surface area contributed by atoms with Gasteiger partial charge in [0.1, 0.15) is 5.78 Å². The van der Waals surface area contributed by atoms with Gasteiger partial charge >= 0.3 is 0 Å². The molecule has 1 unspecified atom stereocenters. The van der Waals surface area contributed by atoms with Crippen LogP contribution in [0.3, 0.4) is 0 Å². The summed E-state index contributed by atoms with van der Waals surface area (Å²) in [5.74, 6) is -0.134. The predicted molar refractivity (Wildman–Crippen MR) is 69.9 cm³/mol. The maximum Gasteiger partial charge on any atom is 0.165 e. The average molecular weight is 266 g/mol. The zero-order valence-electron chi connectivity index (χ0n) is 11.2. The number of halogens is 1. The molecule has 0 radical (unpaired) electrons. The number of ether oxygens (including phenoxy) is 2. The smallest absolute Gasteiger partial charge is 0.165 e. The number of carbonyl (C=O) groups excluding carboxylic acids is 1. The lowest BCUT2D eigenvalue weighted by atomic mass is 10.00. The monoisotopic (exact) mass is 266 g/mol. The minimum absolute atomic E-state index is 0.0457. The summed E-state index contributed by atoms with van der Waals surface area (Å²) >= 11 is 0. The van der Waals surface area contributed by atoms with Crippen molar-refractivity contribution in [3.63, 3.8) is 0 Å². The maximum absolute atomic E-state index is 13.5. The number of benzene rings is 1. The third-order valence-corrected chi connectivity index (χ3v) is 3.35. The van der Waals surface area contributed by atoms with Crippen molar-refractivity contribution >= 4 is 5.78 Å². The molecule has 1 fully saturated rings. The highest BCUT2D eigenvalue weighted by Gasteiger charge is 2.18. The van der Waals surface area contributed by atoms with Crippen LogP contribution >= 0.6 is 0 Å². The third-order valence-electron chi connectivity index (χ3n) is 3.35. The van der Waals surface area contributed by atoms with Gasteiger partial charge < -0.3 is 9.47 Å². The van der Waals surface area contributed by atoms with Gasteiger partial charge in [0, 0.05) is 19.4 Å². The minimum Gasteiger partial charge on any atom is -0.494 e. The second kappa shape index (κ2) is 6.66. The number of Topliss-reactive ketones (excluding diaryl/α,β-unsaturated/α-hetero) is 1. The Morgan fingerprint density at radius 1 is 1.47 bits per heavy atom. The van der Waals surface area contributed by atoms with Crippen LogP contribution in [-0.2, 0) is 16.0 Å². The number of hydrogen-bond acceptors (Lipinski definition) is 3. The van der Waals surface area contributed by atoms with Gasteiger partial charge in [-0.2, -0.15) is 0 Å². The number of methoxy groups -OCH3 is 1. The van der Waals surface area contributed by atoms with E-state index in [2.05, 4.69) is 0 Å². The summed E-state index contributed by atoms with van der Waals surface area (Å²) in [5.41, 5.74) is 0.680. The zero-order chi connectivity index (χ0) is 13.7. The van der Waals surface area contributed by atoms with Crippen LogP contribution in [0.1, 0.15) is 31.2 Å². The lowest BCUT2D eigenvalue weighted by Crippen LogP contribution is -2.23. The molecule has 0 bridgehead atoms. The molecule has 2 rings (SSSR count). The normalized spacial score (nSPS) is 19.2. The van der Waals surface area contributed by atoms with E-state index in [1.165, 1.54) is 13.2 Å². The highest BCUT2D eigenvalue weighted by Crippen LogP contribution is 2.20. The minimum atomic E-state index is -0.429. The van der Waals surface area contributed by atoms with Crippen molar-refractivity contribution in [3.05, 3.63) is 29.6 Å². The van der Waals surface area contributed by atoms with E-state index < -0.39 is 5.82 Å². The van der Waals surface area contributed by atoms with Gasteiger partial charge in [0.05, 0.1) is 13.2 Å². The molecule has 0 N–H and O–H groups in total. The van der Waals surface area contributed by atoms with Crippen LogP contribution in [0.25, 0.3) is 0 Å². The Morgan fingerprint density at radius 2 is 2.32 bits per heavy atom. The van der Waals surface area contributed by atoms with Crippen LogP contribution in [0.15, 0.2) is 18.2 Å². The first kappa shape index (κ1) is 14.0. The Kier molecular flexibility index (Phi) is 4.91. The fourth-order valence-corrected chi connectivity index (χ4v) is 2.34. The molecule has 0 aromatic heterocycles. The van der Waals surface area contributed by atoms with Crippen molar-refractivity contribution in [1.29, 1.82) is 0 Å². The fraction of sp³-hybridized carbons (Fsp3) is 0.533. The molecule has 1 aliphatic rings. The SMILES string of the molecule is COc1ccc(CC(=O)CC2CCCCO2)cc1F. The molecule has 1 aliphatic heterocycles. The molecule has 0 saturated carbocycles. The lowest BCUT2D eigenvalue weighted by molar-refractivity contribution is -0.122. The van der Waals surface area contributed by atoms with Crippen molar-refractivity contribution in [2.45, 2.75) is 38.2 Å². The number of rotatable bonds is 5. The van der Waals surface area contributed by atoms with Gasteiger partial charge in [-0.1, -0.05) is 6.07 Å². The Morgan fingerprint density at radius 3 is 2.95 bits per heavy atom. The quantitative estimate of drug-likeness (QED) is 0.822. The van der Waals surface area contributed by atoms with Gasteiger partial charge in [0.25, 0.3) is 0 Å². The van der Waals surface area contributed by atoms with Crippen LogP contribution < -0.4 is 4.74 Å². The van der Waals surface area contributed by atoms with Gasteiger partial charge in [0.15, 0.2) is 11.6 Å². The fourth-order valence-electron chi connectivity index (χ4n) is 2.34. The molecule has 1 aromatic rings. The zero-order valence-corrected chi connectivity index (χ0v) is 11.2. The first-order valence-corrected chi connectivity index (χ1v) is 6.65. The molecule has 0 aliphatic carbocycles. The summed E-state index contributed by atoms with van der Waals surface area (Å²) in [7, 11) is 1.42. The van der Waals surface area contributed by atoms with Crippen LogP contribution in [0, 0.1) is 5.82 Å². The molecule has 0 amide bonds. The van der Waals surface area contributed by atoms with Crippen LogP contribution in [0.4, 0.5) is 4.39 Å². The number of ketones is 1. The summed E-state index contributed by atoms with van der Waals surface area (Å²) in [6, 6.07) is 4.63. The molecular weight excluding hydrogens is 247 g/mol. The van der Waals surface area contributed by atoms with Crippen molar-refractivity contribution in [2.24, 2.45) is 0 Å². The molecule has 1 aromatic carbocycles. The third kappa shape index (κ3) is 4.03. The van der Waals surface area contributed by atoms with Crippen molar-refractivity contribution in [2.75, 3.05) is 13.7 Å². The van der Waals surface area contributed by atoms with Gasteiger partial charge in [-0.25, -0.2) is 4.39 Å². The molecule has 3 nitrogen and oxygen atoms in total. The van der Waals surface area contributed by atoms with Crippen LogP contribution in [-0.4, -0.2) is 25.6 Å². The molecule has 19 heavy (non-hydrogen) atoms. The van der Waals surface area contributed by atoms with E-state index in [0.29, 0.717) is 12.0 Å². The van der Waals surface area contributed by atoms with Gasteiger partial charge in [0.2, 0.25) is 0 Å². The average Bonchev–Trinajstić information content (AvgIpc) is 2.40. The molecule has 0 spiro atoms. The molecule has 104 valence electrons. The van der Waals surface area contributed by atoms with E-state index in [0.717, 1.165) is 25.9 Å². The highest BCUT2D eigenvalue weighted by molar-refractivity contribution is 5.81. The second-order valence-corrected chi connectivity index (χ2v) is 4.88. The standard InChI is InChI=1S/C15H19FO3/c1-18-15-6-5-11(9-14(15)16)8-12(17)10-13-4-2-3-7-19-13/h5-6,9,13H,2-4,7-8,10H2,1H3. The summed E-state index contributed by atoms with van der Waals surface area (Å²) in [6.45, 7) is 0.745. The number of carbonyl (C=O) groups is 1. The first-order chi connectivity index (χ1) is 9.19. The Hall–Kier alpha value is -1.42. The Balaban J connectivity index is 1.89. The molecule has 1 saturated heterocycles. The van der Waals surface area contributed by atoms with Gasteiger partial charge in [-0.15, -0.1) is 0 Å². The maximum atomic E-state index is 13.5. The summed E-state index contributed by atoms with van der Waals surface area (Å²) in [5, 5.41) is 0. The lowest BCUT2D eigenvalue weighted by Gasteiger charge is -2.21. The summed E-state index contributed by atoms with van der Waals surface area (Å²) in [4.78, 5) is 11.9. The Labute approximate surface area is 112 Å².